The molecule has 0 saturated carbocycles. The summed E-state index contributed by atoms with van der Waals surface area (Å²) in [4.78, 5) is 15.9. The molecule has 0 aliphatic rings. The molecule has 0 atom stereocenters. The van der Waals surface area contributed by atoms with Crippen molar-refractivity contribution in [1.82, 2.24) is 14.8 Å². The fourth-order valence-corrected chi connectivity index (χ4v) is 2.59. The van der Waals surface area contributed by atoms with Gasteiger partial charge in [0.05, 0.1) is 16.5 Å². The number of hydrogen-bond acceptors (Lipinski definition) is 6. The molecule has 2 aromatic heterocycles. The van der Waals surface area contributed by atoms with Crippen molar-refractivity contribution in [2.24, 2.45) is 7.05 Å². The number of nitrogens with zero attached hydrogens (tertiary/aromatic N) is 4. The molecule has 0 aromatic carbocycles. The van der Waals surface area contributed by atoms with Crippen molar-refractivity contribution in [2.75, 3.05) is 5.32 Å². The van der Waals surface area contributed by atoms with Crippen molar-refractivity contribution in [1.29, 1.82) is 0 Å². The molecule has 0 aliphatic carbocycles. The summed E-state index contributed by atoms with van der Waals surface area (Å²) in [6.07, 6.45) is 2.31. The van der Waals surface area contributed by atoms with Crippen LogP contribution in [0.2, 0.25) is 0 Å². The van der Waals surface area contributed by atoms with Gasteiger partial charge >= 0.3 is 5.69 Å². The van der Waals surface area contributed by atoms with Crippen LogP contribution >= 0.6 is 11.3 Å². The Morgan fingerprint density at radius 1 is 1.58 bits per heavy atom. The van der Waals surface area contributed by atoms with Gasteiger partial charge in [-0.15, -0.1) is 11.3 Å². The highest BCUT2D eigenvalue weighted by molar-refractivity contribution is 7.11. The number of nitrogens with one attached hydrogen (secondary N) is 1. The van der Waals surface area contributed by atoms with E-state index in [1.54, 1.807) is 24.6 Å². The van der Waals surface area contributed by atoms with Crippen molar-refractivity contribution >= 4 is 22.8 Å². The number of aryl methyl sites for hydroxylation is 3. The second kappa shape index (κ2) is 5.35. The maximum atomic E-state index is 11.1. The van der Waals surface area contributed by atoms with Crippen LogP contribution in [-0.2, 0) is 20.0 Å². The van der Waals surface area contributed by atoms with E-state index >= 15 is 0 Å². The molecular formula is C11H15N5O2S. The average Bonchev–Trinajstić information content (AvgIpc) is 2.90. The third-order valence-electron chi connectivity index (χ3n) is 2.71. The number of thiazole rings is 1. The van der Waals surface area contributed by atoms with E-state index in [4.69, 9.17) is 0 Å². The first-order valence-electron chi connectivity index (χ1n) is 5.88. The molecule has 2 heterocycles. The van der Waals surface area contributed by atoms with Gasteiger partial charge in [-0.05, 0) is 13.3 Å². The summed E-state index contributed by atoms with van der Waals surface area (Å²) in [5, 5.41) is 19.4. The maximum Gasteiger partial charge on any atom is 0.333 e. The van der Waals surface area contributed by atoms with E-state index in [9.17, 15) is 10.1 Å². The topological polar surface area (TPSA) is 85.9 Å². The summed E-state index contributed by atoms with van der Waals surface area (Å²) in [6, 6.07) is 0. The minimum absolute atomic E-state index is 0.0613. The molecule has 0 amide bonds. The molecule has 0 fully saturated rings. The smallest absolute Gasteiger partial charge is 0.333 e. The zero-order chi connectivity index (χ0) is 14.0. The molecule has 0 unspecified atom stereocenters. The summed E-state index contributed by atoms with van der Waals surface area (Å²) in [6.45, 7) is 4.29. The van der Waals surface area contributed by atoms with Crippen molar-refractivity contribution in [2.45, 2.75) is 26.8 Å². The van der Waals surface area contributed by atoms with E-state index in [0.29, 0.717) is 24.5 Å². The number of aromatic nitrogens is 3. The van der Waals surface area contributed by atoms with E-state index in [-0.39, 0.29) is 10.6 Å². The Labute approximate surface area is 114 Å². The highest BCUT2D eigenvalue weighted by Gasteiger charge is 2.25. The molecule has 2 aromatic rings. The molecular weight excluding hydrogens is 266 g/mol. The first-order chi connectivity index (χ1) is 9.02. The van der Waals surface area contributed by atoms with Gasteiger partial charge < -0.3 is 5.32 Å². The lowest BCUT2D eigenvalue weighted by atomic mass is 10.3. The number of rotatable bonds is 5. The average molecular weight is 281 g/mol. The number of anilines is 1. The minimum Gasteiger partial charge on any atom is -0.360 e. The Bertz CT molecular complexity index is 604. The van der Waals surface area contributed by atoms with E-state index in [0.717, 1.165) is 9.88 Å². The zero-order valence-corrected chi connectivity index (χ0v) is 11.8. The van der Waals surface area contributed by atoms with E-state index in [1.165, 1.54) is 4.68 Å². The van der Waals surface area contributed by atoms with Crippen molar-refractivity contribution < 1.29 is 4.92 Å². The molecule has 0 radical (unpaired) electrons. The Morgan fingerprint density at radius 2 is 2.32 bits per heavy atom. The van der Waals surface area contributed by atoms with Crippen LogP contribution in [0.5, 0.6) is 0 Å². The monoisotopic (exact) mass is 281 g/mol. The fraction of sp³-hybridized carbons (Fsp3) is 0.455. The largest absolute Gasteiger partial charge is 0.360 e. The molecule has 2 rings (SSSR count). The molecule has 19 heavy (non-hydrogen) atoms. The molecule has 0 bridgehead atoms. The number of nitro groups is 1. The zero-order valence-electron chi connectivity index (χ0n) is 11.0. The predicted molar refractivity (Wildman–Crippen MR) is 73.4 cm³/mol. The Hall–Kier alpha value is -1.96. The van der Waals surface area contributed by atoms with Crippen molar-refractivity contribution in [3.63, 3.8) is 0 Å². The van der Waals surface area contributed by atoms with Crippen LogP contribution in [-0.4, -0.2) is 19.7 Å². The van der Waals surface area contributed by atoms with E-state index in [2.05, 4.69) is 15.4 Å². The van der Waals surface area contributed by atoms with Gasteiger partial charge in [0, 0.05) is 18.1 Å². The summed E-state index contributed by atoms with van der Waals surface area (Å²) in [5.41, 5.74) is 0.557. The van der Waals surface area contributed by atoms with Gasteiger partial charge in [0.1, 0.15) is 5.69 Å². The Balaban J connectivity index is 2.24. The first kappa shape index (κ1) is 13.5. The Morgan fingerprint density at radius 3 is 2.84 bits per heavy atom. The van der Waals surface area contributed by atoms with Gasteiger partial charge in [0.2, 0.25) is 5.82 Å². The normalized spacial score (nSPS) is 10.7. The van der Waals surface area contributed by atoms with Gasteiger partial charge in [-0.1, -0.05) is 6.92 Å². The molecule has 0 saturated heterocycles. The fourth-order valence-electron chi connectivity index (χ4n) is 1.85. The van der Waals surface area contributed by atoms with E-state index in [1.807, 2.05) is 13.8 Å². The standard InChI is InChI=1S/C11H15N5O2S/c1-4-9-10(16(17)18)11(15(3)14-9)13-6-8-5-12-7(2)19-8/h5,13H,4,6H2,1-3H3. The van der Waals surface area contributed by atoms with Crippen LogP contribution in [0.1, 0.15) is 22.5 Å². The van der Waals surface area contributed by atoms with E-state index < -0.39 is 0 Å². The number of hydrogen-bond donors (Lipinski definition) is 1. The molecule has 102 valence electrons. The van der Waals surface area contributed by atoms with Crippen molar-refractivity contribution in [3.05, 3.63) is 31.9 Å². The predicted octanol–water partition coefficient (Wildman–Crippen LogP) is 2.27. The van der Waals surface area contributed by atoms with Crippen LogP contribution in [0.15, 0.2) is 6.20 Å². The lowest BCUT2D eigenvalue weighted by Gasteiger charge is -2.03. The summed E-state index contributed by atoms with van der Waals surface area (Å²) in [5.74, 6) is 0.438. The second-order valence-electron chi connectivity index (χ2n) is 4.08. The molecule has 0 spiro atoms. The summed E-state index contributed by atoms with van der Waals surface area (Å²) < 4.78 is 1.52. The van der Waals surface area contributed by atoms with Gasteiger partial charge in [-0.25, -0.2) is 9.67 Å². The minimum atomic E-state index is -0.383. The van der Waals surface area contributed by atoms with Crippen LogP contribution in [0, 0.1) is 17.0 Å². The Kier molecular flexibility index (Phi) is 3.79. The third kappa shape index (κ3) is 2.73. The third-order valence-corrected chi connectivity index (χ3v) is 3.62. The van der Waals surface area contributed by atoms with Gasteiger partial charge in [-0.3, -0.25) is 10.1 Å². The molecule has 0 aliphatic heterocycles. The highest BCUT2D eigenvalue weighted by atomic mass is 32.1. The SMILES string of the molecule is CCc1nn(C)c(NCc2cnc(C)s2)c1[N+](=O)[O-]. The lowest BCUT2D eigenvalue weighted by molar-refractivity contribution is -0.384. The molecule has 7 nitrogen and oxygen atoms in total. The van der Waals surface area contributed by atoms with Crippen molar-refractivity contribution in [3.8, 4) is 0 Å². The summed E-state index contributed by atoms with van der Waals surface area (Å²) >= 11 is 1.57. The second-order valence-corrected chi connectivity index (χ2v) is 5.40. The van der Waals surface area contributed by atoms with Crippen LogP contribution < -0.4 is 5.32 Å². The van der Waals surface area contributed by atoms with Crippen LogP contribution in [0.3, 0.4) is 0 Å². The van der Waals surface area contributed by atoms with Crippen LogP contribution in [0.4, 0.5) is 11.5 Å². The van der Waals surface area contributed by atoms with Crippen LogP contribution in [0.25, 0.3) is 0 Å². The van der Waals surface area contributed by atoms with Gasteiger partial charge in [0.15, 0.2) is 0 Å². The quantitative estimate of drug-likeness (QED) is 0.671. The molecule has 1 N–H and O–H groups in total. The molecule has 8 heteroatoms. The van der Waals surface area contributed by atoms with Gasteiger partial charge in [0.25, 0.3) is 0 Å². The lowest BCUT2D eigenvalue weighted by Crippen LogP contribution is -2.05. The highest BCUT2D eigenvalue weighted by Crippen LogP contribution is 2.29. The first-order valence-corrected chi connectivity index (χ1v) is 6.70. The maximum absolute atomic E-state index is 11.1. The van der Waals surface area contributed by atoms with Gasteiger partial charge in [-0.2, -0.15) is 5.10 Å². The summed E-state index contributed by atoms with van der Waals surface area (Å²) in [7, 11) is 1.70.